The molecule has 3 heteroatoms. The maximum atomic E-state index is 5.65. The molecule has 7 rings (SSSR count). The van der Waals surface area contributed by atoms with Crippen molar-refractivity contribution in [2.24, 2.45) is 4.99 Å². The second kappa shape index (κ2) is 12.6. The van der Waals surface area contributed by atoms with Crippen LogP contribution in [0.2, 0.25) is 0 Å². The van der Waals surface area contributed by atoms with Crippen LogP contribution in [0, 0.1) is 0 Å². The molecule has 208 valence electrons. The van der Waals surface area contributed by atoms with Crippen LogP contribution >= 0.6 is 7.92 Å². The molecule has 2 nitrogen and oxygen atoms in total. The Morgan fingerprint density at radius 2 is 0.953 bits per heavy atom. The van der Waals surface area contributed by atoms with E-state index < -0.39 is 7.92 Å². The molecular formula is C40H33N2P. The molecule has 6 aromatic carbocycles. The quantitative estimate of drug-likeness (QED) is 0.168. The summed E-state index contributed by atoms with van der Waals surface area (Å²) in [5, 5.41) is 4.00. The average molecular weight is 573 g/mol. The van der Waals surface area contributed by atoms with E-state index >= 15 is 0 Å². The van der Waals surface area contributed by atoms with Crippen molar-refractivity contribution in [3.63, 3.8) is 0 Å². The van der Waals surface area contributed by atoms with Gasteiger partial charge in [-0.3, -0.25) is 4.99 Å². The van der Waals surface area contributed by atoms with Crippen LogP contribution in [0.15, 0.2) is 181 Å². The first-order valence-electron chi connectivity index (χ1n) is 14.8. The Labute approximate surface area is 255 Å². The van der Waals surface area contributed by atoms with Crippen LogP contribution in [0.3, 0.4) is 0 Å². The first-order chi connectivity index (χ1) is 21.4. The van der Waals surface area contributed by atoms with Gasteiger partial charge >= 0.3 is 0 Å². The Morgan fingerprint density at radius 3 is 1.53 bits per heavy atom. The van der Waals surface area contributed by atoms with Gasteiger partial charge in [0.05, 0.1) is 6.04 Å². The third-order valence-corrected chi connectivity index (χ3v) is 10.6. The fourth-order valence-electron chi connectivity index (χ4n) is 6.11. The summed E-state index contributed by atoms with van der Waals surface area (Å²) in [6.07, 6.45) is 0. The highest BCUT2D eigenvalue weighted by atomic mass is 31.1. The number of hydrogen-bond donors (Lipinski definition) is 0. The van der Waals surface area contributed by atoms with Crippen molar-refractivity contribution < 1.29 is 0 Å². The molecule has 0 saturated heterocycles. The second-order valence-electron chi connectivity index (χ2n) is 10.8. The Bertz CT molecular complexity index is 1750. The van der Waals surface area contributed by atoms with Crippen molar-refractivity contribution in [3.8, 4) is 0 Å². The Hall–Kier alpha value is -4.78. The maximum Gasteiger partial charge on any atom is 0.133 e. The summed E-state index contributed by atoms with van der Waals surface area (Å²) in [4.78, 5) is 8.19. The van der Waals surface area contributed by atoms with Crippen molar-refractivity contribution in [2.75, 3.05) is 0 Å². The van der Waals surface area contributed by atoms with Crippen molar-refractivity contribution in [1.29, 1.82) is 0 Å². The molecule has 6 aromatic rings. The van der Waals surface area contributed by atoms with E-state index in [2.05, 4.69) is 181 Å². The summed E-state index contributed by atoms with van der Waals surface area (Å²) in [5.41, 5.74) is 4.99. The zero-order valence-corrected chi connectivity index (χ0v) is 24.8. The van der Waals surface area contributed by atoms with E-state index in [1.807, 2.05) is 0 Å². The lowest BCUT2D eigenvalue weighted by molar-refractivity contribution is 0.304. The molecule has 1 aliphatic rings. The molecule has 0 fully saturated rings. The van der Waals surface area contributed by atoms with Crippen molar-refractivity contribution >= 4 is 29.7 Å². The Kier molecular flexibility index (Phi) is 7.94. The largest absolute Gasteiger partial charge is 0.342 e. The smallest absolute Gasteiger partial charge is 0.133 e. The highest BCUT2D eigenvalue weighted by Crippen LogP contribution is 2.45. The zero-order chi connectivity index (χ0) is 28.8. The van der Waals surface area contributed by atoms with Gasteiger partial charge in [0.2, 0.25) is 0 Å². The summed E-state index contributed by atoms with van der Waals surface area (Å²) in [6.45, 7) is 0.769. The van der Waals surface area contributed by atoms with Crippen LogP contribution in [0.1, 0.15) is 34.3 Å². The highest BCUT2D eigenvalue weighted by molar-refractivity contribution is 7.80. The van der Waals surface area contributed by atoms with E-state index in [1.165, 1.54) is 38.2 Å². The van der Waals surface area contributed by atoms with E-state index in [1.54, 1.807) is 0 Å². The van der Waals surface area contributed by atoms with Crippen LogP contribution in [-0.2, 0) is 6.54 Å². The summed E-state index contributed by atoms with van der Waals surface area (Å²) in [5.74, 6) is 1.06. The lowest BCUT2D eigenvalue weighted by Gasteiger charge is -2.32. The maximum absolute atomic E-state index is 5.65. The first-order valence-corrected chi connectivity index (χ1v) is 16.2. The van der Waals surface area contributed by atoms with Gasteiger partial charge in [-0.25, -0.2) is 0 Å². The third kappa shape index (κ3) is 5.67. The van der Waals surface area contributed by atoms with Crippen LogP contribution in [0.5, 0.6) is 0 Å². The van der Waals surface area contributed by atoms with Gasteiger partial charge < -0.3 is 4.90 Å². The molecule has 1 aliphatic heterocycles. The SMILES string of the molecule is c1ccc(CN2C(c3ccccc3P(c3ccccc3)c3ccccc3)=N[C@H](c3ccccc3)[C@H]2c2ccccc2)cc1. The monoisotopic (exact) mass is 572 g/mol. The molecule has 1 heterocycles. The van der Waals surface area contributed by atoms with Crippen LogP contribution in [0.4, 0.5) is 0 Å². The van der Waals surface area contributed by atoms with Gasteiger partial charge in [-0.05, 0) is 40.5 Å². The summed E-state index contributed by atoms with van der Waals surface area (Å²) in [7, 11) is -0.806. The minimum atomic E-state index is -0.806. The summed E-state index contributed by atoms with van der Waals surface area (Å²) < 4.78 is 0. The van der Waals surface area contributed by atoms with E-state index in [4.69, 9.17) is 4.99 Å². The number of aliphatic imine (C=N–C) groups is 1. The van der Waals surface area contributed by atoms with E-state index in [9.17, 15) is 0 Å². The molecule has 0 radical (unpaired) electrons. The Morgan fingerprint density at radius 1 is 0.488 bits per heavy atom. The minimum Gasteiger partial charge on any atom is -0.342 e. The van der Waals surface area contributed by atoms with Gasteiger partial charge in [-0.1, -0.05) is 176 Å². The summed E-state index contributed by atoms with van der Waals surface area (Å²) in [6, 6.07) is 63.4. The molecule has 43 heavy (non-hydrogen) atoms. The molecule has 0 aliphatic carbocycles. The van der Waals surface area contributed by atoms with E-state index in [0.29, 0.717) is 0 Å². The molecule has 0 N–H and O–H groups in total. The first kappa shape index (κ1) is 27.1. The predicted octanol–water partition coefficient (Wildman–Crippen LogP) is 8.19. The van der Waals surface area contributed by atoms with Crippen LogP contribution < -0.4 is 15.9 Å². The predicted molar refractivity (Wildman–Crippen MR) is 182 cm³/mol. The lowest BCUT2D eigenvalue weighted by Crippen LogP contribution is -2.35. The van der Waals surface area contributed by atoms with Crippen LogP contribution in [0.25, 0.3) is 0 Å². The van der Waals surface area contributed by atoms with Crippen LogP contribution in [-0.4, -0.2) is 10.7 Å². The topological polar surface area (TPSA) is 15.6 Å². The Balaban J connectivity index is 1.44. The fraction of sp³-hybridized carbons (Fsp3) is 0.0750. The van der Waals surface area contributed by atoms with Gasteiger partial charge in [-0.15, -0.1) is 0 Å². The van der Waals surface area contributed by atoms with Crippen molar-refractivity contribution in [2.45, 2.75) is 18.6 Å². The molecule has 0 aromatic heterocycles. The molecule has 2 atom stereocenters. The molecule has 0 unspecified atom stereocenters. The third-order valence-electron chi connectivity index (χ3n) is 8.06. The lowest BCUT2D eigenvalue weighted by atomic mass is 9.93. The number of nitrogens with zero attached hydrogens (tertiary/aromatic N) is 2. The molecular weight excluding hydrogens is 539 g/mol. The molecule has 0 saturated carbocycles. The van der Waals surface area contributed by atoms with Gasteiger partial charge in [0.1, 0.15) is 11.9 Å². The normalized spacial score (nSPS) is 16.3. The molecule has 0 bridgehead atoms. The van der Waals surface area contributed by atoms with Gasteiger partial charge in [0, 0.05) is 12.1 Å². The van der Waals surface area contributed by atoms with Crippen molar-refractivity contribution in [1.82, 2.24) is 4.90 Å². The number of amidine groups is 1. The highest BCUT2D eigenvalue weighted by Gasteiger charge is 2.39. The zero-order valence-electron chi connectivity index (χ0n) is 23.9. The van der Waals surface area contributed by atoms with Crippen molar-refractivity contribution in [3.05, 3.63) is 198 Å². The average Bonchev–Trinajstić information content (AvgIpc) is 3.46. The van der Waals surface area contributed by atoms with E-state index in [0.717, 1.165) is 12.4 Å². The molecule has 0 amide bonds. The number of benzene rings is 6. The van der Waals surface area contributed by atoms with Gasteiger partial charge in [-0.2, -0.15) is 0 Å². The standard InChI is InChI=1S/C40H33N2P/c1-6-18-31(19-7-1)30-42-39(33-22-10-3-11-23-33)38(32-20-8-2-9-21-32)41-40(42)36-28-16-17-29-37(36)43(34-24-12-4-13-25-34)35-26-14-5-15-27-35/h1-29,38-39H,30H2/t38-,39-/m1/s1. The molecule has 0 spiro atoms. The van der Waals surface area contributed by atoms with E-state index in [-0.39, 0.29) is 12.1 Å². The number of rotatable bonds is 8. The fourth-order valence-corrected chi connectivity index (χ4v) is 8.56. The number of hydrogen-bond acceptors (Lipinski definition) is 2. The van der Waals surface area contributed by atoms with Gasteiger partial charge in [0.15, 0.2) is 0 Å². The summed E-state index contributed by atoms with van der Waals surface area (Å²) >= 11 is 0. The minimum absolute atomic E-state index is 0.0324. The second-order valence-corrected chi connectivity index (χ2v) is 13.0. The van der Waals surface area contributed by atoms with Gasteiger partial charge in [0.25, 0.3) is 0 Å².